The Kier molecular flexibility index (Phi) is 6.77. The quantitative estimate of drug-likeness (QED) is 0.665. The lowest BCUT2D eigenvalue weighted by Crippen LogP contribution is -2.40. The van der Waals surface area contributed by atoms with E-state index in [-0.39, 0.29) is 22.6 Å². The fourth-order valence-corrected chi connectivity index (χ4v) is 5.10. The summed E-state index contributed by atoms with van der Waals surface area (Å²) in [4.78, 5) is 37.4. The second-order valence-corrected chi connectivity index (χ2v) is 8.45. The van der Waals surface area contributed by atoms with Crippen molar-refractivity contribution in [2.24, 2.45) is 0 Å². The Morgan fingerprint density at radius 2 is 1.87 bits per heavy atom. The van der Waals surface area contributed by atoms with Gasteiger partial charge in [0.15, 0.2) is 11.5 Å². The minimum Gasteiger partial charge on any atom is -0.480 e. The molecule has 0 saturated heterocycles. The Morgan fingerprint density at radius 3 is 2.47 bits per heavy atom. The maximum atomic E-state index is 12.4. The van der Waals surface area contributed by atoms with E-state index in [9.17, 15) is 19.5 Å². The lowest BCUT2D eigenvalue weighted by Gasteiger charge is -2.34. The number of carbonyl (C=O) groups excluding carboxylic acids is 1. The first-order valence-corrected chi connectivity index (χ1v) is 10.7. The van der Waals surface area contributed by atoms with Gasteiger partial charge in [0.2, 0.25) is 5.91 Å². The molecule has 1 aliphatic rings. The molecule has 1 fully saturated rings. The second-order valence-electron chi connectivity index (χ2n) is 7.43. The summed E-state index contributed by atoms with van der Waals surface area (Å²) < 4.78 is 5.27. The highest BCUT2D eigenvalue weighted by Gasteiger charge is 2.26. The van der Waals surface area contributed by atoms with Crippen LogP contribution in [-0.2, 0) is 9.59 Å². The van der Waals surface area contributed by atoms with Crippen molar-refractivity contribution < 1.29 is 29.3 Å². The predicted molar refractivity (Wildman–Crippen MR) is 115 cm³/mol. The molecule has 1 aliphatic carbocycles. The third-order valence-corrected chi connectivity index (χ3v) is 6.60. The van der Waals surface area contributed by atoms with Gasteiger partial charge in [-0.15, -0.1) is 11.3 Å². The summed E-state index contributed by atoms with van der Waals surface area (Å²) >= 11 is 1.04. The van der Waals surface area contributed by atoms with Gasteiger partial charge in [0.25, 0.3) is 0 Å². The van der Waals surface area contributed by atoms with Gasteiger partial charge in [-0.25, -0.2) is 9.59 Å². The highest BCUT2D eigenvalue weighted by Crippen LogP contribution is 2.42. The molecule has 1 aromatic heterocycles. The summed E-state index contributed by atoms with van der Waals surface area (Å²) in [5.74, 6) is -2.28. The Morgan fingerprint density at radius 1 is 1.17 bits per heavy atom. The number of thiophene rings is 1. The van der Waals surface area contributed by atoms with Crippen LogP contribution in [0, 0.1) is 6.92 Å². The van der Waals surface area contributed by atoms with E-state index >= 15 is 0 Å². The molecule has 0 radical (unpaired) electrons. The van der Waals surface area contributed by atoms with Crippen molar-refractivity contribution in [2.75, 3.05) is 11.5 Å². The van der Waals surface area contributed by atoms with Crippen LogP contribution in [0.5, 0.6) is 5.75 Å². The van der Waals surface area contributed by atoms with Gasteiger partial charge in [-0.3, -0.25) is 4.79 Å². The number of aliphatic carboxylic acids is 1. The number of ether oxygens (including phenoxy) is 1. The normalized spacial score (nSPS) is 14.3. The van der Waals surface area contributed by atoms with Crippen molar-refractivity contribution in [1.29, 1.82) is 0 Å². The van der Waals surface area contributed by atoms with Crippen LogP contribution in [0.15, 0.2) is 24.3 Å². The van der Waals surface area contributed by atoms with Crippen LogP contribution in [0.4, 0.5) is 5.69 Å². The molecule has 1 aromatic carbocycles. The van der Waals surface area contributed by atoms with Crippen LogP contribution in [-0.4, -0.2) is 40.7 Å². The first kappa shape index (κ1) is 21.8. The second kappa shape index (κ2) is 9.30. The average molecular weight is 432 g/mol. The lowest BCUT2D eigenvalue weighted by molar-refractivity contribution is -0.139. The summed E-state index contributed by atoms with van der Waals surface area (Å²) in [6.07, 6.45) is 5.33. The molecule has 30 heavy (non-hydrogen) atoms. The maximum absolute atomic E-state index is 12.4. The van der Waals surface area contributed by atoms with Crippen LogP contribution in [0.2, 0.25) is 0 Å². The monoisotopic (exact) mass is 431 g/mol. The van der Waals surface area contributed by atoms with E-state index < -0.39 is 18.5 Å². The van der Waals surface area contributed by atoms with Crippen molar-refractivity contribution in [3.05, 3.63) is 34.7 Å². The number of anilines is 1. The standard InChI is InChI=1S/C22H25NO6S/c1-13-19(29-12-18(25)26)21(22(27)28)30-20(13)15-7-6-10-17(11-15)23(14(2)24)16-8-4-3-5-9-16/h6-7,10-11,16H,3-5,8-9,12H2,1-2H3,(H,25,26)(H,27,28). The molecule has 0 aliphatic heterocycles. The number of aromatic carboxylic acids is 1. The Balaban J connectivity index is 2.00. The smallest absolute Gasteiger partial charge is 0.349 e. The Bertz CT molecular complexity index is 961. The molecule has 1 saturated carbocycles. The van der Waals surface area contributed by atoms with E-state index in [4.69, 9.17) is 9.84 Å². The van der Waals surface area contributed by atoms with Gasteiger partial charge < -0.3 is 19.8 Å². The molecule has 1 heterocycles. The molecule has 7 nitrogen and oxygen atoms in total. The minimum absolute atomic E-state index is 0.0151. The first-order chi connectivity index (χ1) is 14.3. The number of rotatable bonds is 7. The minimum atomic E-state index is -1.18. The number of hydrogen-bond donors (Lipinski definition) is 2. The van der Waals surface area contributed by atoms with E-state index in [1.807, 2.05) is 29.2 Å². The summed E-state index contributed by atoms with van der Waals surface area (Å²) in [5, 5.41) is 18.4. The van der Waals surface area contributed by atoms with Crippen LogP contribution in [0.25, 0.3) is 10.4 Å². The molecule has 0 unspecified atom stereocenters. The molecule has 0 atom stereocenters. The molecule has 1 amide bonds. The van der Waals surface area contributed by atoms with E-state index in [1.54, 1.807) is 13.8 Å². The fraction of sp³-hybridized carbons (Fsp3) is 0.409. The van der Waals surface area contributed by atoms with Gasteiger partial charge in [-0.05, 0) is 37.5 Å². The van der Waals surface area contributed by atoms with Gasteiger partial charge in [0.05, 0.1) is 0 Å². The van der Waals surface area contributed by atoms with E-state index in [1.165, 1.54) is 6.42 Å². The SMILES string of the molecule is CC(=O)N(c1cccc(-c2sc(C(=O)O)c(OCC(=O)O)c2C)c1)C1CCCCC1. The van der Waals surface area contributed by atoms with E-state index in [0.717, 1.165) is 48.3 Å². The summed E-state index contributed by atoms with van der Waals surface area (Å²) in [5.41, 5.74) is 2.12. The molecule has 8 heteroatoms. The van der Waals surface area contributed by atoms with Crippen LogP contribution in [0.1, 0.15) is 54.3 Å². The van der Waals surface area contributed by atoms with Crippen molar-refractivity contribution in [3.8, 4) is 16.2 Å². The maximum Gasteiger partial charge on any atom is 0.349 e. The zero-order chi connectivity index (χ0) is 21.8. The zero-order valence-corrected chi connectivity index (χ0v) is 17.8. The third-order valence-electron chi connectivity index (χ3n) is 5.29. The number of hydrogen-bond acceptors (Lipinski definition) is 5. The topological polar surface area (TPSA) is 104 Å². The third kappa shape index (κ3) is 4.64. The molecule has 3 rings (SSSR count). The molecule has 0 spiro atoms. The predicted octanol–water partition coefficient (Wildman–Crippen LogP) is 4.57. The van der Waals surface area contributed by atoms with Crippen LogP contribution < -0.4 is 9.64 Å². The lowest BCUT2D eigenvalue weighted by atomic mass is 9.93. The van der Waals surface area contributed by atoms with Gasteiger partial charge in [0, 0.05) is 29.1 Å². The largest absolute Gasteiger partial charge is 0.480 e. The van der Waals surface area contributed by atoms with Crippen molar-refractivity contribution in [2.45, 2.75) is 52.0 Å². The highest BCUT2D eigenvalue weighted by atomic mass is 32.1. The number of carboxylic acids is 2. The Labute approximate surface area is 178 Å². The van der Waals surface area contributed by atoms with E-state index in [0.29, 0.717) is 10.4 Å². The number of nitrogens with zero attached hydrogens (tertiary/aromatic N) is 1. The highest BCUT2D eigenvalue weighted by molar-refractivity contribution is 7.18. The van der Waals surface area contributed by atoms with Crippen LogP contribution >= 0.6 is 11.3 Å². The fourth-order valence-electron chi connectivity index (χ4n) is 4.01. The zero-order valence-electron chi connectivity index (χ0n) is 17.0. The number of carbonyl (C=O) groups is 3. The molecule has 0 bridgehead atoms. The van der Waals surface area contributed by atoms with Crippen LogP contribution in [0.3, 0.4) is 0 Å². The van der Waals surface area contributed by atoms with E-state index in [2.05, 4.69) is 0 Å². The van der Waals surface area contributed by atoms with Crippen molar-refractivity contribution in [3.63, 3.8) is 0 Å². The van der Waals surface area contributed by atoms with Gasteiger partial charge in [0.1, 0.15) is 5.75 Å². The molecular formula is C22H25NO6S. The van der Waals surface area contributed by atoms with Gasteiger partial charge in [-0.1, -0.05) is 31.4 Å². The summed E-state index contributed by atoms with van der Waals surface area (Å²) in [6.45, 7) is 2.67. The molecular weight excluding hydrogens is 406 g/mol. The summed E-state index contributed by atoms with van der Waals surface area (Å²) in [7, 11) is 0. The molecule has 2 aromatic rings. The number of carboxylic acid groups (broad SMARTS) is 2. The molecule has 160 valence electrons. The van der Waals surface area contributed by atoms with Gasteiger partial charge >= 0.3 is 11.9 Å². The van der Waals surface area contributed by atoms with Crippen molar-refractivity contribution >= 4 is 34.9 Å². The van der Waals surface area contributed by atoms with Crippen molar-refractivity contribution in [1.82, 2.24) is 0 Å². The average Bonchev–Trinajstić information content (AvgIpc) is 3.04. The number of amides is 1. The number of benzene rings is 1. The Hall–Kier alpha value is -2.87. The first-order valence-electron chi connectivity index (χ1n) is 9.91. The van der Waals surface area contributed by atoms with Gasteiger partial charge in [-0.2, -0.15) is 0 Å². The molecule has 2 N–H and O–H groups in total. The summed E-state index contributed by atoms with van der Waals surface area (Å²) in [6, 6.07) is 7.65.